The summed E-state index contributed by atoms with van der Waals surface area (Å²) in [5, 5.41) is 11.5. The van der Waals surface area contributed by atoms with Gasteiger partial charge in [-0.25, -0.2) is 0 Å². The van der Waals surface area contributed by atoms with Crippen molar-refractivity contribution in [1.82, 2.24) is 5.32 Å². The highest BCUT2D eigenvalue weighted by Crippen LogP contribution is 2.19. The number of carboxylic acids is 1. The maximum atomic E-state index is 11.6. The van der Waals surface area contributed by atoms with Crippen molar-refractivity contribution in [1.29, 1.82) is 0 Å². The van der Waals surface area contributed by atoms with Crippen LogP contribution in [-0.4, -0.2) is 35.7 Å². The van der Waals surface area contributed by atoms with E-state index in [0.717, 1.165) is 6.42 Å². The third kappa shape index (κ3) is 3.20. The maximum absolute atomic E-state index is 11.6. The van der Waals surface area contributed by atoms with Crippen LogP contribution in [0.4, 0.5) is 0 Å². The summed E-state index contributed by atoms with van der Waals surface area (Å²) in [4.78, 5) is 22.5. The second kappa shape index (κ2) is 4.82. The van der Waals surface area contributed by atoms with E-state index >= 15 is 0 Å². The molecule has 0 bridgehead atoms. The summed E-state index contributed by atoms with van der Waals surface area (Å²) in [6.45, 7) is 5.20. The van der Waals surface area contributed by atoms with Gasteiger partial charge in [-0.3, -0.25) is 9.59 Å². The summed E-state index contributed by atoms with van der Waals surface area (Å²) in [5.41, 5.74) is -0.945. The van der Waals surface area contributed by atoms with E-state index in [0.29, 0.717) is 6.42 Å². The molecule has 2 atom stereocenters. The second-order valence-electron chi connectivity index (χ2n) is 4.92. The number of hydrogen-bond donors (Lipinski definition) is 2. The Kier molecular flexibility index (Phi) is 3.91. The van der Waals surface area contributed by atoms with Crippen molar-refractivity contribution >= 4 is 11.9 Å². The number of aliphatic carboxylic acids is 1. The lowest BCUT2D eigenvalue weighted by molar-refractivity contribution is -0.147. The van der Waals surface area contributed by atoms with Gasteiger partial charge in [-0.2, -0.15) is 0 Å². The Bertz CT molecular complexity index is 288. The summed E-state index contributed by atoms with van der Waals surface area (Å²) < 4.78 is 5.39. The normalized spacial score (nSPS) is 25.4. The summed E-state index contributed by atoms with van der Waals surface area (Å²) in [6.07, 6.45) is 1.28. The van der Waals surface area contributed by atoms with Gasteiger partial charge in [0, 0.05) is 6.54 Å². The van der Waals surface area contributed by atoms with Crippen molar-refractivity contribution in [3.8, 4) is 0 Å². The molecule has 1 aliphatic rings. The van der Waals surface area contributed by atoms with Crippen molar-refractivity contribution in [2.24, 2.45) is 5.41 Å². The van der Waals surface area contributed by atoms with Gasteiger partial charge in [0.2, 0.25) is 5.91 Å². The molecule has 16 heavy (non-hydrogen) atoms. The molecule has 92 valence electrons. The number of carbonyl (C=O) groups excluding carboxylic acids is 1. The molecule has 1 amide bonds. The molecule has 0 radical (unpaired) electrons. The molecule has 0 aromatic heterocycles. The lowest BCUT2D eigenvalue weighted by Crippen LogP contribution is -2.43. The first kappa shape index (κ1) is 13.0. The van der Waals surface area contributed by atoms with Gasteiger partial charge in [0.15, 0.2) is 0 Å². The Labute approximate surface area is 95.2 Å². The average molecular weight is 229 g/mol. The van der Waals surface area contributed by atoms with Gasteiger partial charge >= 0.3 is 5.97 Å². The van der Waals surface area contributed by atoms with Gasteiger partial charge in [0.25, 0.3) is 0 Å². The molecule has 1 saturated heterocycles. The average Bonchev–Trinajstić information content (AvgIpc) is 2.61. The van der Waals surface area contributed by atoms with Crippen LogP contribution in [0, 0.1) is 5.41 Å². The lowest BCUT2D eigenvalue weighted by Gasteiger charge is -2.20. The van der Waals surface area contributed by atoms with Crippen LogP contribution in [0.3, 0.4) is 0 Å². The predicted molar refractivity (Wildman–Crippen MR) is 58.0 cm³/mol. The van der Waals surface area contributed by atoms with Crippen LogP contribution in [0.25, 0.3) is 0 Å². The minimum absolute atomic E-state index is 0.114. The molecular weight excluding hydrogens is 210 g/mol. The third-order valence-corrected chi connectivity index (χ3v) is 2.81. The van der Waals surface area contributed by atoms with E-state index in [-0.39, 0.29) is 18.6 Å². The van der Waals surface area contributed by atoms with Crippen LogP contribution >= 0.6 is 0 Å². The van der Waals surface area contributed by atoms with Gasteiger partial charge in [-0.1, -0.05) is 0 Å². The predicted octanol–water partition coefficient (Wildman–Crippen LogP) is 0.781. The van der Waals surface area contributed by atoms with E-state index in [1.165, 1.54) is 0 Å². The number of carboxylic acid groups (broad SMARTS) is 1. The molecule has 0 aromatic carbocycles. The van der Waals surface area contributed by atoms with Crippen LogP contribution in [0.1, 0.15) is 33.6 Å². The van der Waals surface area contributed by atoms with Gasteiger partial charge in [-0.05, 0) is 33.6 Å². The zero-order valence-corrected chi connectivity index (χ0v) is 9.95. The maximum Gasteiger partial charge on any atom is 0.310 e. The van der Waals surface area contributed by atoms with Gasteiger partial charge in [-0.15, -0.1) is 0 Å². The van der Waals surface area contributed by atoms with Gasteiger partial charge in [0.1, 0.15) is 6.10 Å². The fourth-order valence-corrected chi connectivity index (χ4v) is 1.49. The molecule has 2 N–H and O–H groups in total. The van der Waals surface area contributed by atoms with Crippen molar-refractivity contribution in [3.63, 3.8) is 0 Å². The summed E-state index contributed by atoms with van der Waals surface area (Å²) in [5.74, 6) is -1.13. The third-order valence-electron chi connectivity index (χ3n) is 2.81. The van der Waals surface area contributed by atoms with E-state index in [9.17, 15) is 9.59 Å². The molecular formula is C11H19NO4. The Balaban J connectivity index is 2.38. The summed E-state index contributed by atoms with van der Waals surface area (Å²) in [7, 11) is 0. The topological polar surface area (TPSA) is 75.6 Å². The Morgan fingerprint density at radius 3 is 2.50 bits per heavy atom. The Morgan fingerprint density at radius 1 is 1.44 bits per heavy atom. The molecule has 5 nitrogen and oxygen atoms in total. The lowest BCUT2D eigenvalue weighted by atomic mass is 9.94. The highest BCUT2D eigenvalue weighted by Gasteiger charge is 2.31. The molecule has 5 heteroatoms. The Morgan fingerprint density at radius 2 is 2.06 bits per heavy atom. The highest BCUT2D eigenvalue weighted by atomic mass is 16.5. The van der Waals surface area contributed by atoms with E-state index in [4.69, 9.17) is 9.84 Å². The molecule has 1 heterocycles. The van der Waals surface area contributed by atoms with Crippen LogP contribution in [0.2, 0.25) is 0 Å². The van der Waals surface area contributed by atoms with E-state index < -0.39 is 17.5 Å². The SMILES string of the molecule is CC1CCC(C(=O)NCC(C)(C)C(=O)O)O1. The molecule has 0 aliphatic carbocycles. The number of carbonyl (C=O) groups is 2. The number of nitrogens with one attached hydrogen (secondary N) is 1. The quantitative estimate of drug-likeness (QED) is 0.747. The first-order valence-corrected chi connectivity index (χ1v) is 5.49. The van der Waals surface area contributed by atoms with E-state index in [1.807, 2.05) is 6.92 Å². The second-order valence-corrected chi connectivity index (χ2v) is 4.92. The fourth-order valence-electron chi connectivity index (χ4n) is 1.49. The minimum Gasteiger partial charge on any atom is -0.481 e. The van der Waals surface area contributed by atoms with Gasteiger partial charge < -0.3 is 15.2 Å². The van der Waals surface area contributed by atoms with Crippen LogP contribution in [-0.2, 0) is 14.3 Å². The molecule has 0 spiro atoms. The largest absolute Gasteiger partial charge is 0.481 e. The molecule has 1 aliphatic heterocycles. The number of amides is 1. The van der Waals surface area contributed by atoms with Crippen LogP contribution in [0.15, 0.2) is 0 Å². The number of rotatable bonds is 4. The molecule has 1 rings (SSSR count). The summed E-state index contributed by atoms with van der Waals surface area (Å²) >= 11 is 0. The monoisotopic (exact) mass is 229 g/mol. The molecule has 2 unspecified atom stereocenters. The van der Waals surface area contributed by atoms with Crippen molar-refractivity contribution in [2.45, 2.75) is 45.8 Å². The van der Waals surface area contributed by atoms with Gasteiger partial charge in [0.05, 0.1) is 11.5 Å². The van der Waals surface area contributed by atoms with E-state index in [2.05, 4.69) is 5.32 Å². The van der Waals surface area contributed by atoms with Crippen molar-refractivity contribution in [2.75, 3.05) is 6.54 Å². The standard InChI is InChI=1S/C11H19NO4/c1-7-4-5-8(16-7)9(13)12-6-11(2,3)10(14)15/h7-8H,4-6H2,1-3H3,(H,12,13)(H,14,15). The van der Waals surface area contributed by atoms with Crippen molar-refractivity contribution in [3.05, 3.63) is 0 Å². The van der Waals surface area contributed by atoms with Crippen molar-refractivity contribution < 1.29 is 19.4 Å². The highest BCUT2D eigenvalue weighted by molar-refractivity contribution is 5.82. The van der Waals surface area contributed by atoms with E-state index in [1.54, 1.807) is 13.8 Å². The van der Waals surface area contributed by atoms with Crippen LogP contribution in [0.5, 0.6) is 0 Å². The summed E-state index contributed by atoms with van der Waals surface area (Å²) in [6, 6.07) is 0. The first-order valence-electron chi connectivity index (χ1n) is 5.49. The first-order chi connectivity index (χ1) is 7.33. The zero-order chi connectivity index (χ0) is 12.3. The number of ether oxygens (including phenoxy) is 1. The fraction of sp³-hybridized carbons (Fsp3) is 0.818. The van der Waals surface area contributed by atoms with Crippen LogP contribution < -0.4 is 5.32 Å². The smallest absolute Gasteiger partial charge is 0.310 e. The molecule has 0 aromatic rings. The number of hydrogen-bond acceptors (Lipinski definition) is 3. The minimum atomic E-state index is -0.945. The molecule has 0 saturated carbocycles. The Hall–Kier alpha value is -1.10. The zero-order valence-electron chi connectivity index (χ0n) is 9.95. The molecule has 1 fully saturated rings.